The molecule has 0 spiro atoms. The molecule has 0 saturated heterocycles. The number of amides is 2. The van der Waals surface area contributed by atoms with Crippen LogP contribution in [0.1, 0.15) is 39.8 Å². The third-order valence-corrected chi connectivity index (χ3v) is 2.82. The van der Waals surface area contributed by atoms with E-state index in [9.17, 15) is 4.79 Å². The van der Waals surface area contributed by atoms with Gasteiger partial charge in [0.15, 0.2) is 5.82 Å². The Balaban J connectivity index is 2.70. The molecule has 1 rings (SSSR count). The number of carbonyl (C=O) groups is 1. The molecule has 0 unspecified atom stereocenters. The van der Waals surface area contributed by atoms with Gasteiger partial charge < -0.3 is 10.0 Å². The third kappa shape index (κ3) is 4.77. The zero-order valence-corrected chi connectivity index (χ0v) is 12.7. The molecular weight excluding hydrogens is 256 g/mol. The number of aliphatic hydroxyl groups is 1. The van der Waals surface area contributed by atoms with E-state index < -0.39 is 0 Å². The predicted octanol–water partition coefficient (Wildman–Crippen LogP) is 2.01. The van der Waals surface area contributed by atoms with Crippen LogP contribution in [0.5, 0.6) is 0 Å². The van der Waals surface area contributed by atoms with E-state index in [1.165, 1.54) is 0 Å². The van der Waals surface area contributed by atoms with Gasteiger partial charge in [0.25, 0.3) is 0 Å². The summed E-state index contributed by atoms with van der Waals surface area (Å²) in [6.07, 6.45) is 0.835. The number of hydrogen-bond donors (Lipinski definition) is 2. The molecule has 20 heavy (non-hydrogen) atoms. The molecule has 1 aromatic heterocycles. The number of aromatic nitrogens is 2. The lowest BCUT2D eigenvalue weighted by Gasteiger charge is -2.21. The molecule has 0 bridgehead atoms. The van der Waals surface area contributed by atoms with Crippen molar-refractivity contribution in [3.05, 3.63) is 17.8 Å². The van der Waals surface area contributed by atoms with Crippen LogP contribution < -0.4 is 5.32 Å². The third-order valence-electron chi connectivity index (χ3n) is 2.82. The van der Waals surface area contributed by atoms with Gasteiger partial charge in [-0.15, -0.1) is 5.10 Å². The van der Waals surface area contributed by atoms with E-state index >= 15 is 0 Å². The predicted molar refractivity (Wildman–Crippen MR) is 78.7 cm³/mol. The number of nitrogens with one attached hydrogen (secondary N) is 1. The summed E-state index contributed by atoms with van der Waals surface area (Å²) in [4.78, 5) is 13.6. The second-order valence-electron chi connectivity index (χ2n) is 5.69. The Labute approximate surface area is 120 Å². The van der Waals surface area contributed by atoms with Gasteiger partial charge in [0.2, 0.25) is 0 Å². The van der Waals surface area contributed by atoms with Gasteiger partial charge in [-0.1, -0.05) is 27.7 Å². The lowest BCUT2D eigenvalue weighted by molar-refractivity contribution is 0.188. The maximum Gasteiger partial charge on any atom is 0.323 e. The Morgan fingerprint density at radius 2 is 2.00 bits per heavy atom. The fourth-order valence-corrected chi connectivity index (χ4v) is 1.69. The molecule has 0 radical (unpaired) electrons. The van der Waals surface area contributed by atoms with E-state index in [-0.39, 0.29) is 18.1 Å². The van der Waals surface area contributed by atoms with Gasteiger partial charge in [-0.2, -0.15) is 5.10 Å². The van der Waals surface area contributed by atoms with Crippen LogP contribution in [0, 0.1) is 0 Å². The highest BCUT2D eigenvalue weighted by Gasteiger charge is 2.17. The van der Waals surface area contributed by atoms with Gasteiger partial charge >= 0.3 is 6.03 Å². The quantitative estimate of drug-likeness (QED) is 0.865. The minimum atomic E-state index is -0.265. The molecule has 0 fully saturated rings. The molecule has 6 heteroatoms. The van der Waals surface area contributed by atoms with Crippen LogP contribution in [0.4, 0.5) is 10.6 Å². The molecule has 2 N–H and O–H groups in total. The van der Waals surface area contributed by atoms with Gasteiger partial charge in [-0.05, 0) is 18.6 Å². The number of carbonyl (C=O) groups excluding carboxylic acids is 1. The van der Waals surface area contributed by atoms with Crippen molar-refractivity contribution in [1.29, 1.82) is 0 Å². The molecule has 0 aliphatic heterocycles. The highest BCUT2D eigenvalue weighted by molar-refractivity contribution is 5.88. The summed E-state index contributed by atoms with van der Waals surface area (Å²) in [7, 11) is 0. The molecule has 6 nitrogen and oxygen atoms in total. The smallest absolute Gasteiger partial charge is 0.323 e. The van der Waals surface area contributed by atoms with Crippen LogP contribution in [0.2, 0.25) is 0 Å². The first-order valence-corrected chi connectivity index (χ1v) is 6.89. The second kappa shape index (κ2) is 7.19. The van der Waals surface area contributed by atoms with Gasteiger partial charge in [-0.25, -0.2) is 4.79 Å². The van der Waals surface area contributed by atoms with Crippen LogP contribution in [-0.2, 0) is 5.41 Å². The molecule has 0 atom stereocenters. The van der Waals surface area contributed by atoms with Crippen molar-refractivity contribution in [3.63, 3.8) is 0 Å². The molecule has 1 aromatic rings. The summed E-state index contributed by atoms with van der Waals surface area (Å²) in [6, 6.07) is 3.34. The van der Waals surface area contributed by atoms with Gasteiger partial charge in [0.1, 0.15) is 0 Å². The van der Waals surface area contributed by atoms with Crippen molar-refractivity contribution in [2.24, 2.45) is 0 Å². The maximum atomic E-state index is 12.0. The normalized spacial score (nSPS) is 11.2. The van der Waals surface area contributed by atoms with Crippen molar-refractivity contribution in [2.45, 2.75) is 39.5 Å². The highest BCUT2D eigenvalue weighted by atomic mass is 16.3. The first kappa shape index (κ1) is 16.4. The molecule has 112 valence electrons. The van der Waals surface area contributed by atoms with Crippen LogP contribution in [0.25, 0.3) is 0 Å². The monoisotopic (exact) mass is 280 g/mol. The van der Waals surface area contributed by atoms with Crippen LogP contribution in [0.3, 0.4) is 0 Å². The van der Waals surface area contributed by atoms with Crippen molar-refractivity contribution >= 4 is 11.8 Å². The van der Waals surface area contributed by atoms with Crippen molar-refractivity contribution in [3.8, 4) is 0 Å². The summed E-state index contributed by atoms with van der Waals surface area (Å²) < 4.78 is 0. The van der Waals surface area contributed by atoms with E-state index in [2.05, 4.69) is 36.3 Å². The first-order valence-electron chi connectivity index (χ1n) is 6.89. The number of rotatable bonds is 5. The Kier molecular flexibility index (Phi) is 5.88. The lowest BCUT2D eigenvalue weighted by atomic mass is 9.92. The number of aliphatic hydroxyl groups excluding tert-OH is 1. The average Bonchev–Trinajstić information content (AvgIpc) is 2.38. The zero-order valence-electron chi connectivity index (χ0n) is 12.7. The lowest BCUT2D eigenvalue weighted by Crippen LogP contribution is -2.37. The summed E-state index contributed by atoms with van der Waals surface area (Å²) in [5.74, 6) is 0.419. The second-order valence-corrected chi connectivity index (χ2v) is 5.69. The number of anilines is 1. The minimum absolute atomic E-state index is 0.0535. The van der Waals surface area contributed by atoms with Gasteiger partial charge in [-0.3, -0.25) is 5.32 Å². The molecule has 1 heterocycles. The largest absolute Gasteiger partial charge is 0.395 e. The number of nitrogens with zero attached hydrogens (tertiary/aromatic N) is 3. The van der Waals surface area contributed by atoms with E-state index in [0.29, 0.717) is 18.9 Å². The Hall–Kier alpha value is -1.69. The van der Waals surface area contributed by atoms with Gasteiger partial charge in [0.05, 0.1) is 12.3 Å². The summed E-state index contributed by atoms with van der Waals surface area (Å²) in [5, 5.41) is 19.8. The fraction of sp³-hybridized carbons (Fsp3) is 0.643. The molecule has 0 aliphatic rings. The van der Waals surface area contributed by atoms with E-state index in [1.54, 1.807) is 11.0 Å². The van der Waals surface area contributed by atoms with Crippen LogP contribution in [0.15, 0.2) is 12.1 Å². The van der Waals surface area contributed by atoms with Crippen molar-refractivity contribution < 1.29 is 9.90 Å². The maximum absolute atomic E-state index is 12.0. The molecule has 0 aliphatic carbocycles. The molecule has 0 aromatic carbocycles. The molecule has 2 amide bonds. The summed E-state index contributed by atoms with van der Waals surface area (Å²) in [5.41, 5.74) is 0.803. The Morgan fingerprint density at radius 1 is 1.30 bits per heavy atom. The number of hydrogen-bond acceptors (Lipinski definition) is 4. The standard InChI is InChI=1S/C14H24N4O2/c1-5-8-18(9-10-19)13(20)15-12-7-6-11(16-17-12)14(2,3)4/h6-7,19H,5,8-10H2,1-4H3,(H,15,17,20). The first-order chi connectivity index (χ1) is 9.38. The van der Waals surface area contributed by atoms with Crippen molar-refractivity contribution in [2.75, 3.05) is 25.0 Å². The van der Waals surface area contributed by atoms with E-state index in [1.807, 2.05) is 13.0 Å². The van der Waals surface area contributed by atoms with Crippen LogP contribution in [-0.4, -0.2) is 45.9 Å². The fourth-order valence-electron chi connectivity index (χ4n) is 1.69. The van der Waals surface area contributed by atoms with Gasteiger partial charge in [0, 0.05) is 18.5 Å². The summed E-state index contributed by atoms with van der Waals surface area (Å²) in [6.45, 7) is 9.00. The highest BCUT2D eigenvalue weighted by Crippen LogP contribution is 2.19. The van der Waals surface area contributed by atoms with Crippen molar-refractivity contribution in [1.82, 2.24) is 15.1 Å². The molecular formula is C14H24N4O2. The average molecular weight is 280 g/mol. The SMILES string of the molecule is CCCN(CCO)C(=O)Nc1ccc(C(C)(C)C)nn1. The van der Waals surface area contributed by atoms with E-state index in [4.69, 9.17) is 5.11 Å². The Bertz CT molecular complexity index is 420. The van der Waals surface area contributed by atoms with Crippen LogP contribution >= 0.6 is 0 Å². The molecule has 0 saturated carbocycles. The Morgan fingerprint density at radius 3 is 2.45 bits per heavy atom. The number of urea groups is 1. The minimum Gasteiger partial charge on any atom is -0.395 e. The summed E-state index contributed by atoms with van der Waals surface area (Å²) >= 11 is 0. The van der Waals surface area contributed by atoms with E-state index in [0.717, 1.165) is 12.1 Å². The topological polar surface area (TPSA) is 78.4 Å². The zero-order chi connectivity index (χ0) is 15.2.